The lowest BCUT2D eigenvalue weighted by Gasteiger charge is -2.12. The number of hydrogen-bond acceptors (Lipinski definition) is 4. The fourth-order valence-electron chi connectivity index (χ4n) is 3.76. The summed E-state index contributed by atoms with van der Waals surface area (Å²) in [7, 11) is 0. The third kappa shape index (κ3) is 19.8. The lowest BCUT2D eigenvalue weighted by atomic mass is 10.1. The van der Waals surface area contributed by atoms with Crippen LogP contribution < -0.4 is 33.6 Å². The Labute approximate surface area is 220 Å². The number of nitrogens with two attached hydrogens (primary N) is 4. The Morgan fingerprint density at radius 2 is 0.917 bits per heavy atom. The molecular formula is C26H56N10. The highest BCUT2D eigenvalue weighted by atomic mass is 15.2. The van der Waals surface area contributed by atoms with Crippen LogP contribution in [0.3, 0.4) is 0 Å². The third-order valence-electron chi connectivity index (χ3n) is 6.01. The van der Waals surface area contributed by atoms with E-state index in [1.165, 1.54) is 38.5 Å². The molecule has 2 atom stereocenters. The molecule has 0 spiro atoms. The van der Waals surface area contributed by atoms with E-state index in [1.807, 2.05) is 0 Å². The van der Waals surface area contributed by atoms with Crippen LogP contribution in [0.2, 0.25) is 0 Å². The molecule has 0 saturated heterocycles. The first-order chi connectivity index (χ1) is 17.4. The molecule has 36 heavy (non-hydrogen) atoms. The first kappa shape index (κ1) is 33.5. The second kappa shape index (κ2) is 22.9. The lowest BCUT2D eigenvalue weighted by molar-refractivity contribution is 0.548. The molecule has 0 heterocycles. The molecule has 10 heteroatoms. The van der Waals surface area contributed by atoms with Crippen LogP contribution >= 0.6 is 0 Å². The molecule has 0 bridgehead atoms. The maximum absolute atomic E-state index is 5.99. The Hall–Kier alpha value is -2.52. The number of guanidine groups is 4. The molecule has 0 aliphatic rings. The van der Waals surface area contributed by atoms with Crippen molar-refractivity contribution in [2.45, 2.75) is 130 Å². The van der Waals surface area contributed by atoms with Gasteiger partial charge in [-0.05, 0) is 38.5 Å². The SMILES string of the molecule is CCCCCC(CC)N=C(N)NC(N)=NCCCCCCN=C(N)NC(N)=NC(CC)CCCCC. The molecule has 0 aromatic rings. The maximum atomic E-state index is 5.99. The summed E-state index contributed by atoms with van der Waals surface area (Å²) < 4.78 is 0. The number of rotatable bonds is 19. The summed E-state index contributed by atoms with van der Waals surface area (Å²) >= 11 is 0. The monoisotopic (exact) mass is 508 g/mol. The minimum absolute atomic E-state index is 0.233. The van der Waals surface area contributed by atoms with E-state index < -0.39 is 0 Å². The van der Waals surface area contributed by atoms with Gasteiger partial charge in [-0.2, -0.15) is 0 Å². The van der Waals surface area contributed by atoms with E-state index in [9.17, 15) is 0 Å². The summed E-state index contributed by atoms with van der Waals surface area (Å²) in [6.07, 6.45) is 15.2. The van der Waals surface area contributed by atoms with Gasteiger partial charge in [-0.15, -0.1) is 0 Å². The van der Waals surface area contributed by atoms with Gasteiger partial charge < -0.3 is 22.9 Å². The standard InChI is InChI=1S/C26H56N10/c1-5-9-13-17-21(7-3)33-25(29)35-23(27)31-19-15-11-12-16-20-32-24(28)36-26(30)34-22(8-4)18-14-10-6-2/h21-22H,5-20H2,1-4H3,(H5,27,29,31,33,35)(H5,28,30,32,34,36). The number of hydrogen-bond donors (Lipinski definition) is 6. The summed E-state index contributed by atoms with van der Waals surface area (Å²) in [5, 5.41) is 5.80. The quantitative estimate of drug-likeness (QED) is 0.0879. The fourth-order valence-corrected chi connectivity index (χ4v) is 3.76. The van der Waals surface area contributed by atoms with Crippen molar-refractivity contribution in [2.24, 2.45) is 42.9 Å². The Kier molecular flexibility index (Phi) is 21.3. The van der Waals surface area contributed by atoms with Crippen molar-refractivity contribution in [3.8, 4) is 0 Å². The number of aliphatic imine (C=N–C) groups is 4. The molecule has 0 fully saturated rings. The summed E-state index contributed by atoms with van der Waals surface area (Å²) in [4.78, 5) is 17.7. The van der Waals surface area contributed by atoms with Crippen molar-refractivity contribution in [3.63, 3.8) is 0 Å². The van der Waals surface area contributed by atoms with Crippen molar-refractivity contribution < 1.29 is 0 Å². The molecule has 10 N–H and O–H groups in total. The Morgan fingerprint density at radius 3 is 1.25 bits per heavy atom. The van der Waals surface area contributed by atoms with Gasteiger partial charge in [0, 0.05) is 13.1 Å². The van der Waals surface area contributed by atoms with E-state index in [1.54, 1.807) is 0 Å². The average Bonchev–Trinajstić information content (AvgIpc) is 2.84. The molecule has 2 unspecified atom stereocenters. The third-order valence-corrected chi connectivity index (χ3v) is 6.01. The minimum Gasteiger partial charge on any atom is -0.370 e. The first-order valence-corrected chi connectivity index (χ1v) is 14.2. The summed E-state index contributed by atoms with van der Waals surface area (Å²) in [5.74, 6) is 1.32. The summed E-state index contributed by atoms with van der Waals surface area (Å²) in [6.45, 7) is 9.95. The van der Waals surface area contributed by atoms with E-state index in [-0.39, 0.29) is 12.1 Å². The van der Waals surface area contributed by atoms with Gasteiger partial charge in [0.2, 0.25) is 0 Å². The fraction of sp³-hybridized carbons (Fsp3) is 0.846. The molecule has 0 radical (unpaired) electrons. The van der Waals surface area contributed by atoms with Gasteiger partial charge in [-0.1, -0.05) is 79.1 Å². The van der Waals surface area contributed by atoms with Crippen molar-refractivity contribution in [1.29, 1.82) is 0 Å². The molecule has 0 saturated carbocycles. The van der Waals surface area contributed by atoms with Gasteiger partial charge in [0.05, 0.1) is 12.1 Å². The molecule has 0 aliphatic heterocycles. The van der Waals surface area contributed by atoms with Crippen molar-refractivity contribution in [2.75, 3.05) is 13.1 Å². The van der Waals surface area contributed by atoms with Crippen LogP contribution in [0.4, 0.5) is 0 Å². The van der Waals surface area contributed by atoms with Gasteiger partial charge in [0.15, 0.2) is 23.8 Å². The van der Waals surface area contributed by atoms with Gasteiger partial charge >= 0.3 is 0 Å². The van der Waals surface area contributed by atoms with Crippen molar-refractivity contribution in [3.05, 3.63) is 0 Å². The Bertz CT molecular complexity index is 601. The van der Waals surface area contributed by atoms with Crippen LogP contribution in [-0.2, 0) is 0 Å². The van der Waals surface area contributed by atoms with Gasteiger partial charge in [-0.3, -0.25) is 20.6 Å². The van der Waals surface area contributed by atoms with Gasteiger partial charge in [0.1, 0.15) is 0 Å². The van der Waals surface area contributed by atoms with Crippen LogP contribution in [0.1, 0.15) is 118 Å². The smallest absolute Gasteiger partial charge is 0.195 e. The zero-order chi connectivity index (χ0) is 27.0. The molecule has 0 amide bonds. The Morgan fingerprint density at radius 1 is 0.528 bits per heavy atom. The molecular weight excluding hydrogens is 452 g/mol. The zero-order valence-electron chi connectivity index (χ0n) is 23.6. The second-order valence-corrected chi connectivity index (χ2v) is 9.34. The normalized spacial score (nSPS) is 15.1. The van der Waals surface area contributed by atoms with Crippen LogP contribution in [0.15, 0.2) is 20.0 Å². The van der Waals surface area contributed by atoms with Gasteiger partial charge in [-0.25, -0.2) is 9.98 Å². The van der Waals surface area contributed by atoms with Gasteiger partial charge in [0.25, 0.3) is 0 Å². The molecule has 0 aliphatic carbocycles. The maximum Gasteiger partial charge on any atom is 0.195 e. The average molecular weight is 509 g/mol. The van der Waals surface area contributed by atoms with E-state index in [2.05, 4.69) is 58.3 Å². The predicted octanol–water partition coefficient (Wildman–Crippen LogP) is 3.70. The molecule has 210 valence electrons. The Balaban J connectivity index is 4.12. The number of nitrogens with one attached hydrogen (secondary N) is 2. The first-order valence-electron chi connectivity index (χ1n) is 14.2. The van der Waals surface area contributed by atoms with E-state index in [0.29, 0.717) is 36.9 Å². The van der Waals surface area contributed by atoms with E-state index >= 15 is 0 Å². The minimum atomic E-state index is 0.233. The van der Waals surface area contributed by atoms with Crippen LogP contribution in [0.5, 0.6) is 0 Å². The van der Waals surface area contributed by atoms with Crippen LogP contribution in [0, 0.1) is 0 Å². The van der Waals surface area contributed by atoms with E-state index in [4.69, 9.17) is 22.9 Å². The summed E-state index contributed by atoms with van der Waals surface area (Å²) in [6, 6.07) is 0.465. The van der Waals surface area contributed by atoms with Crippen LogP contribution in [0.25, 0.3) is 0 Å². The molecule has 10 nitrogen and oxygen atoms in total. The zero-order valence-corrected chi connectivity index (χ0v) is 23.6. The summed E-state index contributed by atoms with van der Waals surface area (Å²) in [5.41, 5.74) is 23.8. The molecule has 0 rings (SSSR count). The second-order valence-electron chi connectivity index (χ2n) is 9.34. The van der Waals surface area contributed by atoms with Crippen molar-refractivity contribution in [1.82, 2.24) is 10.6 Å². The predicted molar refractivity (Wildman–Crippen MR) is 157 cm³/mol. The van der Waals surface area contributed by atoms with E-state index in [0.717, 1.165) is 51.4 Å². The lowest BCUT2D eigenvalue weighted by Crippen LogP contribution is -2.42. The van der Waals surface area contributed by atoms with Crippen molar-refractivity contribution >= 4 is 23.8 Å². The largest absolute Gasteiger partial charge is 0.370 e. The number of nitrogens with zero attached hydrogens (tertiary/aromatic N) is 4. The van der Waals surface area contributed by atoms with Crippen LogP contribution in [-0.4, -0.2) is 49.0 Å². The molecule has 0 aromatic heterocycles. The highest BCUT2D eigenvalue weighted by Crippen LogP contribution is 2.10. The molecule has 0 aromatic carbocycles. The topological polar surface area (TPSA) is 178 Å². The highest BCUT2D eigenvalue weighted by Gasteiger charge is 2.06. The number of unbranched alkanes of at least 4 members (excludes halogenated alkanes) is 7. The highest BCUT2D eigenvalue weighted by molar-refractivity contribution is 5.97.